The molecule has 27 heavy (non-hydrogen) atoms. The van der Waals surface area contributed by atoms with E-state index in [4.69, 9.17) is 4.74 Å². The summed E-state index contributed by atoms with van der Waals surface area (Å²) < 4.78 is 4.93. The molecule has 2 N–H and O–H groups in total. The number of hydrogen-bond donors (Lipinski definition) is 2. The molecule has 0 atom stereocenters. The van der Waals surface area contributed by atoms with E-state index in [-0.39, 0.29) is 25.4 Å². The van der Waals surface area contributed by atoms with E-state index in [2.05, 4.69) is 10.6 Å². The molecule has 0 bridgehead atoms. The number of carbonyl (C=O) groups is 3. The molecule has 0 aliphatic heterocycles. The molecule has 0 aliphatic carbocycles. The number of carbonyl (C=O) groups excluding carboxylic acids is 3. The van der Waals surface area contributed by atoms with E-state index < -0.39 is 11.9 Å². The van der Waals surface area contributed by atoms with Crippen molar-refractivity contribution >= 4 is 29.2 Å². The van der Waals surface area contributed by atoms with Crippen molar-refractivity contribution in [2.45, 2.75) is 33.6 Å². The number of benzene rings is 2. The van der Waals surface area contributed by atoms with Crippen LogP contribution in [0.1, 0.15) is 29.5 Å². The standard InChI is InChI=1S/C21H24N2O4/c1-14-10-15(2)12-17(11-14)22-20(25)13-27-21(26)9-8-19(24)23-18-7-5-4-6-16(18)3/h4-7,10-12H,8-9,13H2,1-3H3,(H,22,25)(H,23,24). The third-order valence-electron chi connectivity index (χ3n) is 3.85. The quantitative estimate of drug-likeness (QED) is 0.733. The fraction of sp³-hybridized carbons (Fsp3) is 0.286. The first-order valence-corrected chi connectivity index (χ1v) is 8.73. The molecule has 0 spiro atoms. The third-order valence-corrected chi connectivity index (χ3v) is 3.85. The highest BCUT2D eigenvalue weighted by Crippen LogP contribution is 2.14. The number of hydrogen-bond acceptors (Lipinski definition) is 4. The lowest BCUT2D eigenvalue weighted by atomic mass is 10.1. The van der Waals surface area contributed by atoms with Crippen LogP contribution in [-0.4, -0.2) is 24.4 Å². The summed E-state index contributed by atoms with van der Waals surface area (Å²) in [4.78, 5) is 35.6. The minimum absolute atomic E-state index is 0.00807. The maximum absolute atomic E-state index is 11.9. The van der Waals surface area contributed by atoms with Crippen molar-refractivity contribution in [2.24, 2.45) is 0 Å². The van der Waals surface area contributed by atoms with Gasteiger partial charge < -0.3 is 15.4 Å². The maximum atomic E-state index is 11.9. The van der Waals surface area contributed by atoms with Gasteiger partial charge >= 0.3 is 5.97 Å². The van der Waals surface area contributed by atoms with Crippen molar-refractivity contribution in [2.75, 3.05) is 17.2 Å². The molecule has 6 nitrogen and oxygen atoms in total. The van der Waals surface area contributed by atoms with Gasteiger partial charge in [0.25, 0.3) is 5.91 Å². The molecule has 0 fully saturated rings. The lowest BCUT2D eigenvalue weighted by Crippen LogP contribution is -2.22. The molecule has 0 aliphatic rings. The van der Waals surface area contributed by atoms with E-state index in [1.807, 2.05) is 57.2 Å². The number of ether oxygens (including phenoxy) is 1. The van der Waals surface area contributed by atoms with Crippen LogP contribution in [0.5, 0.6) is 0 Å². The molecule has 0 radical (unpaired) electrons. The Balaban J connectivity index is 1.71. The number of amides is 2. The Kier molecular flexibility index (Phi) is 7.11. The van der Waals surface area contributed by atoms with Gasteiger partial charge in [0, 0.05) is 17.8 Å². The van der Waals surface area contributed by atoms with Crippen LogP contribution in [-0.2, 0) is 19.1 Å². The van der Waals surface area contributed by atoms with Crippen molar-refractivity contribution in [1.82, 2.24) is 0 Å². The van der Waals surface area contributed by atoms with E-state index in [0.29, 0.717) is 11.4 Å². The summed E-state index contributed by atoms with van der Waals surface area (Å²) in [7, 11) is 0. The lowest BCUT2D eigenvalue weighted by Gasteiger charge is -2.09. The second kappa shape index (κ2) is 9.52. The molecule has 2 aromatic rings. The van der Waals surface area contributed by atoms with Gasteiger partial charge in [-0.3, -0.25) is 14.4 Å². The van der Waals surface area contributed by atoms with Gasteiger partial charge in [0.05, 0.1) is 6.42 Å². The molecular weight excluding hydrogens is 344 g/mol. The van der Waals surface area contributed by atoms with Gasteiger partial charge in [-0.1, -0.05) is 24.3 Å². The number of para-hydroxylation sites is 1. The molecule has 2 amide bonds. The van der Waals surface area contributed by atoms with E-state index in [1.54, 1.807) is 6.07 Å². The highest BCUT2D eigenvalue weighted by Gasteiger charge is 2.11. The number of aryl methyl sites for hydroxylation is 3. The monoisotopic (exact) mass is 368 g/mol. The predicted molar refractivity (Wildman–Crippen MR) is 105 cm³/mol. The molecule has 2 rings (SSSR count). The minimum atomic E-state index is -0.592. The first kappa shape index (κ1) is 20.2. The van der Waals surface area contributed by atoms with Gasteiger partial charge in [-0.15, -0.1) is 0 Å². The first-order chi connectivity index (χ1) is 12.8. The van der Waals surface area contributed by atoms with E-state index >= 15 is 0 Å². The normalized spacial score (nSPS) is 10.2. The van der Waals surface area contributed by atoms with E-state index in [0.717, 1.165) is 16.7 Å². The first-order valence-electron chi connectivity index (χ1n) is 8.73. The van der Waals surface area contributed by atoms with Gasteiger partial charge in [0.2, 0.25) is 5.91 Å². The number of esters is 1. The van der Waals surface area contributed by atoms with Crippen molar-refractivity contribution in [1.29, 1.82) is 0 Å². The Morgan fingerprint density at radius 2 is 1.52 bits per heavy atom. The second-order valence-electron chi connectivity index (χ2n) is 6.45. The summed E-state index contributed by atoms with van der Waals surface area (Å²) in [5.41, 5.74) is 4.37. The Morgan fingerprint density at radius 3 is 2.19 bits per heavy atom. The largest absolute Gasteiger partial charge is 0.456 e. The molecule has 0 heterocycles. The van der Waals surface area contributed by atoms with Crippen LogP contribution < -0.4 is 10.6 Å². The molecule has 0 unspecified atom stereocenters. The predicted octanol–water partition coefficient (Wildman–Crippen LogP) is 3.51. The molecule has 142 valence electrons. The van der Waals surface area contributed by atoms with Crippen LogP contribution in [0.2, 0.25) is 0 Å². The van der Waals surface area contributed by atoms with Crippen LogP contribution in [0, 0.1) is 20.8 Å². The summed E-state index contributed by atoms with van der Waals surface area (Å²) in [6.45, 7) is 5.37. The van der Waals surface area contributed by atoms with Crippen molar-refractivity contribution < 1.29 is 19.1 Å². The molecular formula is C21H24N2O4. The second-order valence-corrected chi connectivity index (χ2v) is 6.45. The lowest BCUT2D eigenvalue weighted by molar-refractivity contribution is -0.147. The van der Waals surface area contributed by atoms with Crippen molar-refractivity contribution in [3.63, 3.8) is 0 Å². The zero-order chi connectivity index (χ0) is 19.8. The Hall–Kier alpha value is -3.15. The summed E-state index contributed by atoms with van der Waals surface area (Å²) in [6, 6.07) is 13.1. The SMILES string of the molecule is Cc1cc(C)cc(NC(=O)COC(=O)CCC(=O)Nc2ccccc2C)c1. The molecule has 0 aromatic heterocycles. The maximum Gasteiger partial charge on any atom is 0.306 e. The zero-order valence-electron chi connectivity index (χ0n) is 15.8. The third kappa shape index (κ3) is 6.93. The van der Waals surface area contributed by atoms with Crippen molar-refractivity contribution in [3.05, 3.63) is 59.2 Å². The van der Waals surface area contributed by atoms with Gasteiger partial charge in [-0.05, 0) is 55.7 Å². The molecule has 0 saturated carbocycles. The van der Waals surface area contributed by atoms with Gasteiger partial charge in [-0.2, -0.15) is 0 Å². The summed E-state index contributed by atoms with van der Waals surface area (Å²) in [5, 5.41) is 5.43. The Labute approximate surface area is 158 Å². The fourth-order valence-electron chi connectivity index (χ4n) is 2.60. The molecule has 0 saturated heterocycles. The van der Waals surface area contributed by atoms with E-state index in [9.17, 15) is 14.4 Å². The number of rotatable bonds is 7. The summed E-state index contributed by atoms with van der Waals surface area (Å²) in [6.07, 6.45) is -0.0968. The smallest absolute Gasteiger partial charge is 0.306 e. The van der Waals surface area contributed by atoms with E-state index in [1.165, 1.54) is 0 Å². The number of nitrogens with one attached hydrogen (secondary N) is 2. The van der Waals surface area contributed by atoms with Gasteiger partial charge in [0.15, 0.2) is 6.61 Å². The average Bonchev–Trinajstić information content (AvgIpc) is 2.59. The fourth-order valence-corrected chi connectivity index (χ4v) is 2.60. The summed E-state index contributed by atoms with van der Waals surface area (Å²) >= 11 is 0. The van der Waals surface area contributed by atoms with Crippen LogP contribution >= 0.6 is 0 Å². The van der Waals surface area contributed by atoms with Crippen LogP contribution in [0.4, 0.5) is 11.4 Å². The minimum Gasteiger partial charge on any atom is -0.456 e. The van der Waals surface area contributed by atoms with Crippen molar-refractivity contribution in [3.8, 4) is 0 Å². The van der Waals surface area contributed by atoms with Crippen LogP contribution in [0.25, 0.3) is 0 Å². The Morgan fingerprint density at radius 1 is 0.852 bits per heavy atom. The summed E-state index contributed by atoms with van der Waals surface area (Å²) in [5.74, 6) is -1.29. The topological polar surface area (TPSA) is 84.5 Å². The average molecular weight is 368 g/mol. The highest BCUT2D eigenvalue weighted by atomic mass is 16.5. The zero-order valence-corrected chi connectivity index (χ0v) is 15.8. The Bertz CT molecular complexity index is 826. The number of anilines is 2. The van der Waals surface area contributed by atoms with Gasteiger partial charge in [0.1, 0.15) is 0 Å². The van der Waals surface area contributed by atoms with Crippen LogP contribution in [0.15, 0.2) is 42.5 Å². The van der Waals surface area contributed by atoms with Gasteiger partial charge in [-0.25, -0.2) is 0 Å². The highest BCUT2D eigenvalue weighted by molar-refractivity contribution is 5.94. The molecule has 2 aromatic carbocycles. The molecule has 6 heteroatoms. The van der Waals surface area contributed by atoms with Crippen LogP contribution in [0.3, 0.4) is 0 Å².